The Hall–Kier alpha value is -5.86. The van der Waals surface area contributed by atoms with Crippen LogP contribution in [0, 0.1) is 0 Å². The summed E-state index contributed by atoms with van der Waals surface area (Å²) in [6, 6.07) is 39.9. The first-order valence-corrected chi connectivity index (χ1v) is 19.7. The summed E-state index contributed by atoms with van der Waals surface area (Å²) in [6.45, 7) is 0. The molecule has 0 saturated carbocycles. The summed E-state index contributed by atoms with van der Waals surface area (Å²) in [6.07, 6.45) is 0. The maximum absolute atomic E-state index is 7.37. The zero-order valence-electron chi connectivity index (χ0n) is 33.4. The molecule has 10 rings (SSSR count). The zero-order chi connectivity index (χ0) is 43.5. The van der Waals surface area contributed by atoms with E-state index in [1.54, 1.807) is 0 Å². The third-order valence-electron chi connectivity index (χ3n) is 12.2. The van der Waals surface area contributed by atoms with E-state index in [9.17, 15) is 0 Å². The molecule has 8 aromatic carbocycles. The lowest BCUT2D eigenvalue weighted by Crippen LogP contribution is -2.55. The quantitative estimate of drug-likeness (QED) is 0.188. The summed E-state index contributed by atoms with van der Waals surface area (Å²) >= 11 is 0. The van der Waals surface area contributed by atoms with Crippen molar-refractivity contribution in [3.8, 4) is 44.8 Å². The van der Waals surface area contributed by atoms with Crippen molar-refractivity contribution in [1.82, 2.24) is 9.13 Å². The maximum atomic E-state index is 7.37. The van der Waals surface area contributed by atoms with Gasteiger partial charge >= 0.3 is 0 Å². The van der Waals surface area contributed by atoms with E-state index in [1.165, 1.54) is 0 Å². The van der Waals surface area contributed by atoms with E-state index in [0.29, 0.717) is 49.5 Å². The fraction of sp³-hybridized carbons (Fsp3) is 0. The molecule has 2 heterocycles. The molecule has 0 bridgehead atoms. The number of hydrogen-bond donors (Lipinski definition) is 0. The Morgan fingerprint density at radius 3 is 1.48 bits per heavy atom. The van der Waals surface area contributed by atoms with E-state index in [1.807, 2.05) is 126 Å². The number of nitrogens with zero attached hydrogens (tertiary/aromatic N) is 2. The first kappa shape index (κ1) is 40.2. The molecule has 0 unspecified atom stereocenters. The number of para-hydroxylation sites is 1. The second-order valence-electron chi connectivity index (χ2n) is 15.5. The lowest BCUT2D eigenvalue weighted by molar-refractivity contribution is 1.18. The lowest BCUT2D eigenvalue weighted by Gasteiger charge is -2.22. The minimum Gasteiger partial charge on any atom is -0.311 e. The predicted molar refractivity (Wildman–Crippen MR) is 276 cm³/mol. The van der Waals surface area contributed by atoms with Crippen LogP contribution in [-0.4, -0.2) is 103 Å². The van der Waals surface area contributed by atoms with Gasteiger partial charge in [0.15, 0.2) is 0 Å². The van der Waals surface area contributed by atoms with Gasteiger partial charge in [-0.1, -0.05) is 117 Å². The largest absolute Gasteiger partial charge is 0.311 e. The summed E-state index contributed by atoms with van der Waals surface area (Å²) < 4.78 is 4.07. The van der Waals surface area contributed by atoms with Gasteiger partial charge in [0.1, 0.15) is 94.2 Å². The Morgan fingerprint density at radius 2 is 0.806 bits per heavy atom. The molecular formula is C48H20B12N2. The van der Waals surface area contributed by atoms with Gasteiger partial charge in [-0.25, -0.2) is 0 Å². The first-order chi connectivity index (χ1) is 29.8. The summed E-state index contributed by atoms with van der Waals surface area (Å²) in [4.78, 5) is 0. The third kappa shape index (κ3) is 5.74. The highest BCUT2D eigenvalue weighted by Crippen LogP contribution is 2.40. The molecule has 0 saturated heterocycles. The fourth-order valence-electron chi connectivity index (χ4n) is 9.15. The molecule has 0 fully saturated rings. The van der Waals surface area contributed by atoms with E-state index in [4.69, 9.17) is 94.2 Å². The summed E-state index contributed by atoms with van der Waals surface area (Å²) in [5, 5.41) is 2.65. The first-order valence-electron chi connectivity index (χ1n) is 19.7. The zero-order valence-corrected chi connectivity index (χ0v) is 33.4. The molecular weight excluding hydrogens is 734 g/mol. The maximum Gasteiger partial charge on any atom is 0.115 e. The van der Waals surface area contributed by atoms with Gasteiger partial charge < -0.3 is 9.13 Å². The normalized spacial score (nSPS) is 11.7. The standard InChI is InChI=1S/C48H20B12N2/c49-35-30(36(50)45(59)47-33(35)34-39(53)42(56)44(58)46(60)48(34)62(47)25-14-7-11-22(19-25)21-9-3-1-4-10-21)23-17-18-28-27(20-23)31-26(32-37(51)40(54)43(57)41(55)38(32)52)15-8-16-29(31)61(28)24-12-5-2-6-13-24/h1-20H. The van der Waals surface area contributed by atoms with Crippen LogP contribution in [0.3, 0.4) is 0 Å². The molecule has 24 radical (unpaired) electrons. The summed E-state index contributed by atoms with van der Waals surface area (Å²) in [5.74, 6) is 0. The lowest BCUT2D eigenvalue weighted by atomic mass is 9.59. The van der Waals surface area contributed by atoms with Crippen LogP contribution < -0.4 is 65.6 Å². The molecule has 2 nitrogen and oxygen atoms in total. The Labute approximate surface area is 376 Å². The van der Waals surface area contributed by atoms with Gasteiger partial charge in [0.2, 0.25) is 0 Å². The second kappa shape index (κ2) is 14.9. The number of hydrogen-bond acceptors (Lipinski definition) is 0. The number of aromatic nitrogens is 2. The van der Waals surface area contributed by atoms with Gasteiger partial charge in [0.25, 0.3) is 0 Å². The Bertz CT molecular complexity index is 3510. The molecule has 2 aromatic heterocycles. The van der Waals surface area contributed by atoms with Gasteiger partial charge in [0, 0.05) is 38.6 Å². The van der Waals surface area contributed by atoms with Crippen LogP contribution in [0.4, 0.5) is 0 Å². The van der Waals surface area contributed by atoms with Crippen molar-refractivity contribution >= 4 is 203 Å². The van der Waals surface area contributed by atoms with Crippen LogP contribution in [-0.2, 0) is 0 Å². The highest BCUT2D eigenvalue weighted by Gasteiger charge is 2.26. The van der Waals surface area contributed by atoms with Gasteiger partial charge in [0.05, 0.1) is 11.0 Å². The highest BCUT2D eigenvalue weighted by molar-refractivity contribution is 6.70. The number of benzene rings is 8. The van der Waals surface area contributed by atoms with Gasteiger partial charge in [-0.05, 0) is 81.2 Å². The van der Waals surface area contributed by atoms with Gasteiger partial charge in [-0.2, -0.15) is 0 Å². The monoisotopic (exact) mass is 756 g/mol. The van der Waals surface area contributed by atoms with Crippen LogP contribution in [0.1, 0.15) is 0 Å². The Morgan fingerprint density at radius 1 is 0.290 bits per heavy atom. The molecule has 0 aliphatic heterocycles. The van der Waals surface area contributed by atoms with Crippen molar-refractivity contribution in [1.29, 1.82) is 0 Å². The van der Waals surface area contributed by atoms with E-state index in [-0.39, 0.29) is 60.1 Å². The van der Waals surface area contributed by atoms with Crippen molar-refractivity contribution in [3.63, 3.8) is 0 Å². The molecule has 0 atom stereocenters. The van der Waals surface area contributed by atoms with Gasteiger partial charge in [-0.15, -0.1) is 27.3 Å². The number of fused-ring (bicyclic) bond motifs is 6. The van der Waals surface area contributed by atoms with Crippen LogP contribution in [0.25, 0.3) is 88.4 Å². The SMILES string of the molecule is [B]c1c([B])c([B])c(-c2cccc3c2c2cc(-c4c([B])c([B])c5c(c4[B])c4c([B])c([B])c([B])c([B])c4n5-c4cccc(-c5ccccc5)c4)ccc2n3-c2ccccc2)c([B])c1[B]. The van der Waals surface area contributed by atoms with Crippen LogP contribution in [0.15, 0.2) is 121 Å². The van der Waals surface area contributed by atoms with Crippen LogP contribution >= 0.6 is 0 Å². The van der Waals surface area contributed by atoms with Crippen molar-refractivity contribution in [2.45, 2.75) is 0 Å². The van der Waals surface area contributed by atoms with Crippen molar-refractivity contribution < 1.29 is 0 Å². The van der Waals surface area contributed by atoms with Crippen molar-refractivity contribution in [3.05, 3.63) is 121 Å². The molecule has 0 aliphatic carbocycles. The molecule has 10 aromatic rings. The molecule has 62 heavy (non-hydrogen) atoms. The van der Waals surface area contributed by atoms with Crippen LogP contribution in [0.2, 0.25) is 0 Å². The smallest absolute Gasteiger partial charge is 0.115 e. The summed E-state index contributed by atoms with van der Waals surface area (Å²) in [7, 11) is 81.1. The van der Waals surface area contributed by atoms with Crippen molar-refractivity contribution in [2.24, 2.45) is 0 Å². The van der Waals surface area contributed by atoms with E-state index < -0.39 is 0 Å². The van der Waals surface area contributed by atoms with Crippen molar-refractivity contribution in [2.75, 3.05) is 0 Å². The Balaban J connectivity index is 1.32. The van der Waals surface area contributed by atoms with E-state index in [2.05, 4.69) is 4.57 Å². The third-order valence-corrected chi connectivity index (χ3v) is 12.2. The Kier molecular flexibility index (Phi) is 9.67. The average Bonchev–Trinajstić information content (AvgIpc) is 3.83. The number of rotatable bonds is 5. The molecule has 0 spiro atoms. The topological polar surface area (TPSA) is 9.86 Å². The second-order valence-corrected chi connectivity index (χ2v) is 15.5. The highest BCUT2D eigenvalue weighted by atomic mass is 15.0. The predicted octanol–water partition coefficient (Wildman–Crippen LogP) is -1.59. The summed E-state index contributed by atoms with van der Waals surface area (Å²) in [5.41, 5.74) is 11.0. The molecule has 14 heteroatoms. The van der Waals surface area contributed by atoms with E-state index >= 15 is 0 Å². The van der Waals surface area contributed by atoms with Crippen LogP contribution in [0.5, 0.6) is 0 Å². The minimum absolute atomic E-state index is 0.126. The van der Waals surface area contributed by atoms with E-state index in [0.717, 1.165) is 44.3 Å². The minimum atomic E-state index is 0.126. The molecule has 0 amide bonds. The van der Waals surface area contributed by atoms with Gasteiger partial charge in [-0.3, -0.25) is 0 Å². The molecule has 0 aliphatic rings. The molecule has 258 valence electrons. The fourth-order valence-corrected chi connectivity index (χ4v) is 9.15. The average molecular weight is 754 g/mol. The molecule has 0 N–H and O–H groups in total.